The van der Waals surface area contributed by atoms with Gasteiger partial charge in [0.25, 0.3) is 0 Å². The summed E-state index contributed by atoms with van der Waals surface area (Å²) in [6.07, 6.45) is -8.74. The summed E-state index contributed by atoms with van der Waals surface area (Å²) >= 11 is 11.3. The van der Waals surface area contributed by atoms with Crippen LogP contribution < -0.4 is 41.9 Å². The Bertz CT molecular complexity index is 3260. The highest BCUT2D eigenvalue weighted by atomic mass is 35.5. The zero-order valence-electron chi connectivity index (χ0n) is 49.5. The number of alkyl halides is 6. The highest BCUT2D eigenvalue weighted by Crippen LogP contribution is 2.32. The monoisotopic (exact) mass is 1360 g/mol. The normalized spacial score (nSPS) is 9.53. The lowest BCUT2D eigenvalue weighted by Crippen LogP contribution is -2.06. The zero-order chi connectivity index (χ0) is 70.7. The molecule has 0 aliphatic rings. The van der Waals surface area contributed by atoms with Gasteiger partial charge in [0.2, 0.25) is 0 Å². The van der Waals surface area contributed by atoms with Crippen molar-refractivity contribution in [1.29, 1.82) is 0 Å². The van der Waals surface area contributed by atoms with E-state index >= 15 is 0 Å². The van der Waals surface area contributed by atoms with Gasteiger partial charge in [0.05, 0.1) is 21.9 Å². The minimum Gasteiger partial charge on any atom is -0.537 e. The number of hydrogen-bond acceptors (Lipinski definition) is 18. The molecule has 0 fully saturated rings. The van der Waals surface area contributed by atoms with E-state index in [2.05, 4.69) is 32.6 Å². The van der Waals surface area contributed by atoms with Crippen molar-refractivity contribution in [3.63, 3.8) is 0 Å². The Balaban J connectivity index is 0.000000536. The van der Waals surface area contributed by atoms with Gasteiger partial charge in [-0.3, -0.25) is 0 Å². The topological polar surface area (TPSA) is 265 Å². The summed E-state index contributed by atoms with van der Waals surface area (Å²) in [5, 5.41) is 74.9. The lowest BCUT2D eigenvalue weighted by atomic mass is 10.2. The summed E-state index contributed by atoms with van der Waals surface area (Å²) in [7, 11) is 5.03. The Labute approximate surface area is 558 Å². The maximum atomic E-state index is 12.3. The van der Waals surface area contributed by atoms with Crippen molar-refractivity contribution in [2.45, 2.75) is 26.2 Å². The fourth-order valence-corrected chi connectivity index (χ4v) is 6.37. The standard InChI is InChI=1S/2C7H5BF3O2.2C7H8BO2.2C6H5BClO2.2C6H5BFO2.C6H6BO2/c9-7(10,11)5-1-3-6(4-2-5)13-8-12;9-7(10,11)5-2-1-3-6(4-5)13-8-12;2*1-6-4-2-3-5-7(6)10-8-9;8-5-2-1-3-6(4-5)10-7-9;8-5-3-1-2-4-6(5)10-7-9;8-5-1-3-6(4-2-5)10-7-9;8-5-2-1-3-6(4-5)10-7-9;8-7-9-6-4-2-1-3-5-6/h2*1-4,12H;2*2-5,9H,1H3;4*1-4,9H;1-5,8H. The lowest BCUT2D eigenvalue weighted by molar-refractivity contribution is -0.138. The first-order valence-corrected chi connectivity index (χ1v) is 26.9. The molecule has 9 aromatic carbocycles. The van der Waals surface area contributed by atoms with Crippen LogP contribution in [0.2, 0.25) is 10.0 Å². The van der Waals surface area contributed by atoms with E-state index in [1.807, 2.05) is 68.4 Å². The summed E-state index contributed by atoms with van der Waals surface area (Å²) < 4.78 is 138. The highest BCUT2D eigenvalue weighted by Gasteiger charge is 2.31. The summed E-state index contributed by atoms with van der Waals surface area (Å²) in [5.41, 5.74) is 0.449. The van der Waals surface area contributed by atoms with Gasteiger partial charge in [-0.15, -0.1) is 0 Å². The van der Waals surface area contributed by atoms with Gasteiger partial charge < -0.3 is 87.1 Å². The van der Waals surface area contributed by atoms with Gasteiger partial charge in [0, 0.05) is 11.1 Å². The number of aryl methyl sites for hydroxylation is 2. The molecule has 489 valence electrons. The second-order valence-corrected chi connectivity index (χ2v) is 17.5. The molecule has 0 aliphatic carbocycles. The zero-order valence-corrected chi connectivity index (χ0v) is 51.0. The van der Waals surface area contributed by atoms with E-state index in [4.69, 9.17) is 77.7 Å². The molecule has 0 saturated heterocycles. The fraction of sp³-hybridized carbons (Fsp3) is 0.0690. The molecular formula is C58H52B9Cl2F8O18. The SMILES string of the molecule is Cc1ccccc1O[B]O.Cc1ccccc1O[B]O.O[B]Oc1ccc(C(F)(F)F)cc1.O[B]Oc1ccc(F)cc1.O[B]Oc1cccc(C(F)(F)F)c1.O[B]Oc1cccc(Cl)c1.O[B]Oc1cccc(F)c1.O[B]Oc1ccccc1.O[B]Oc1ccccc1Cl. The Morgan fingerprint density at radius 2 is 0.611 bits per heavy atom. The van der Waals surface area contributed by atoms with Crippen LogP contribution in [0.15, 0.2) is 224 Å². The number of halogens is 10. The first kappa shape index (κ1) is 84.4. The third kappa shape index (κ3) is 40.3. The molecule has 9 aromatic rings. The predicted molar refractivity (Wildman–Crippen MR) is 345 cm³/mol. The van der Waals surface area contributed by atoms with E-state index < -0.39 is 23.5 Å². The van der Waals surface area contributed by atoms with Crippen molar-refractivity contribution in [2.75, 3.05) is 0 Å². The molecule has 9 radical (unpaired) electrons. The van der Waals surface area contributed by atoms with Crippen molar-refractivity contribution in [1.82, 2.24) is 0 Å². The van der Waals surface area contributed by atoms with Gasteiger partial charge in [0.15, 0.2) is 0 Å². The Kier molecular flexibility index (Phi) is 45.2. The molecule has 0 saturated carbocycles. The smallest absolute Gasteiger partial charge is 0.537 e. The van der Waals surface area contributed by atoms with Crippen LogP contribution in [0, 0.1) is 25.5 Å². The van der Waals surface area contributed by atoms with E-state index in [0.29, 0.717) is 114 Å². The van der Waals surface area contributed by atoms with E-state index in [0.717, 1.165) is 47.5 Å². The van der Waals surface area contributed by atoms with Gasteiger partial charge in [-0.05, 0) is 158 Å². The molecule has 0 aromatic heterocycles. The van der Waals surface area contributed by atoms with Crippen molar-refractivity contribution >= 4 is 92.4 Å². The summed E-state index contributed by atoms with van der Waals surface area (Å²) in [4.78, 5) is 0. The molecule has 0 heterocycles. The fourth-order valence-electron chi connectivity index (χ4n) is 6.01. The maximum Gasteiger partial charge on any atom is 0.569 e. The van der Waals surface area contributed by atoms with Crippen molar-refractivity contribution in [3.8, 4) is 51.7 Å². The summed E-state index contributed by atoms with van der Waals surface area (Å²) in [6, 6.07) is 56.7. The van der Waals surface area contributed by atoms with Gasteiger partial charge in [-0.1, -0.05) is 108 Å². The van der Waals surface area contributed by atoms with Crippen LogP contribution in [0.5, 0.6) is 51.7 Å². The Morgan fingerprint density at radius 1 is 0.284 bits per heavy atom. The van der Waals surface area contributed by atoms with E-state index in [9.17, 15) is 35.1 Å². The molecule has 37 heteroatoms. The third-order valence-electron chi connectivity index (χ3n) is 10.2. The molecule has 0 spiro atoms. The first-order chi connectivity index (χ1) is 45.5. The third-order valence-corrected chi connectivity index (χ3v) is 10.7. The number of hydrogen-bond donors (Lipinski definition) is 9. The largest absolute Gasteiger partial charge is 0.569 e. The second-order valence-electron chi connectivity index (χ2n) is 16.7. The number of rotatable bonds is 18. The van der Waals surface area contributed by atoms with Crippen LogP contribution in [0.3, 0.4) is 0 Å². The molecule has 9 N–H and O–H groups in total. The Morgan fingerprint density at radius 3 is 1.01 bits per heavy atom. The van der Waals surface area contributed by atoms with Gasteiger partial charge in [-0.25, -0.2) is 8.78 Å². The molecule has 0 unspecified atom stereocenters. The molecule has 9 rings (SSSR count). The van der Waals surface area contributed by atoms with Crippen LogP contribution in [-0.2, 0) is 12.4 Å². The average molecular weight is 1360 g/mol. The van der Waals surface area contributed by atoms with Crippen molar-refractivity contribution < 1.29 is 122 Å². The van der Waals surface area contributed by atoms with E-state index in [1.54, 1.807) is 72.8 Å². The average Bonchev–Trinajstić information content (AvgIpc) is 1.02. The quantitative estimate of drug-likeness (QED) is 0.0286. The van der Waals surface area contributed by atoms with Crippen molar-refractivity contribution in [3.05, 3.63) is 268 Å². The van der Waals surface area contributed by atoms with Crippen molar-refractivity contribution in [2.24, 2.45) is 0 Å². The minimum absolute atomic E-state index is 0.0580. The molecule has 18 nitrogen and oxygen atoms in total. The van der Waals surface area contributed by atoms with Gasteiger partial charge in [-0.2, -0.15) is 26.3 Å². The van der Waals surface area contributed by atoms with E-state index in [1.165, 1.54) is 60.7 Å². The van der Waals surface area contributed by atoms with Crippen LogP contribution in [0.25, 0.3) is 0 Å². The lowest BCUT2D eigenvalue weighted by Gasteiger charge is -2.08. The number of benzene rings is 9. The van der Waals surface area contributed by atoms with Gasteiger partial charge in [0.1, 0.15) is 57.6 Å². The van der Waals surface area contributed by atoms with Crippen LogP contribution in [0.4, 0.5) is 35.1 Å². The highest BCUT2D eigenvalue weighted by molar-refractivity contribution is 6.32. The van der Waals surface area contributed by atoms with Crippen LogP contribution in [-0.4, -0.2) is 114 Å². The predicted octanol–water partition coefficient (Wildman–Crippen LogP) is 9.57. The molecule has 95 heavy (non-hydrogen) atoms. The molecular weight excluding hydrogens is 1300 g/mol. The maximum absolute atomic E-state index is 12.3. The van der Waals surface area contributed by atoms with Crippen LogP contribution in [0.1, 0.15) is 22.3 Å². The van der Waals surface area contributed by atoms with E-state index in [-0.39, 0.29) is 28.9 Å². The Hall–Kier alpha value is -8.58. The van der Waals surface area contributed by atoms with Gasteiger partial charge >= 0.3 is 81.5 Å². The molecule has 0 atom stereocenters. The summed E-state index contributed by atoms with van der Waals surface area (Å²) in [6.45, 7) is 3.83. The number of para-hydroxylation sites is 4. The molecule has 0 bridgehead atoms. The minimum atomic E-state index is -4.39. The molecule has 0 aliphatic heterocycles. The summed E-state index contributed by atoms with van der Waals surface area (Å²) in [5.74, 6) is 3.04. The first-order valence-electron chi connectivity index (χ1n) is 26.2. The van der Waals surface area contributed by atoms with Crippen LogP contribution >= 0.6 is 23.2 Å². The second kappa shape index (κ2) is 50.8. The molecule has 0 amide bonds.